The van der Waals surface area contributed by atoms with Crippen molar-refractivity contribution in [2.45, 2.75) is 13.0 Å². The molecule has 1 aromatic carbocycles. The topological polar surface area (TPSA) is 72.1 Å². The number of nitrogens with two attached hydrogens (primary N) is 1. The van der Waals surface area contributed by atoms with E-state index in [1.807, 2.05) is 0 Å². The lowest BCUT2D eigenvalue weighted by Crippen LogP contribution is -2.31. The summed E-state index contributed by atoms with van der Waals surface area (Å²) in [5, 5.41) is 0. The largest absolute Gasteiger partial charge is 0.382 e. The van der Waals surface area contributed by atoms with Gasteiger partial charge in [0.15, 0.2) is 23.1 Å². The Bertz CT molecular complexity index is 678. The predicted molar refractivity (Wildman–Crippen MR) is 73.3 cm³/mol. The maximum absolute atomic E-state index is 13.3. The lowest BCUT2D eigenvalue weighted by Gasteiger charge is -2.25. The van der Waals surface area contributed by atoms with E-state index in [1.54, 1.807) is 6.92 Å². The van der Waals surface area contributed by atoms with E-state index in [1.165, 1.54) is 30.4 Å². The van der Waals surface area contributed by atoms with Crippen LogP contribution < -0.4 is 5.73 Å². The van der Waals surface area contributed by atoms with E-state index in [0.717, 1.165) is 12.1 Å². The first-order chi connectivity index (χ1) is 9.91. The van der Waals surface area contributed by atoms with E-state index in [9.17, 15) is 13.6 Å². The van der Waals surface area contributed by atoms with Crippen LogP contribution in [-0.2, 0) is 0 Å². The summed E-state index contributed by atoms with van der Waals surface area (Å²) in [5.74, 6) is -2.32. The molecule has 5 nitrogen and oxygen atoms in total. The lowest BCUT2D eigenvalue weighted by atomic mass is 10.1. The van der Waals surface area contributed by atoms with Gasteiger partial charge in [-0.1, -0.05) is 6.07 Å². The molecule has 1 heterocycles. The van der Waals surface area contributed by atoms with Crippen molar-refractivity contribution in [1.29, 1.82) is 0 Å². The van der Waals surface area contributed by atoms with E-state index >= 15 is 0 Å². The number of nitrogen functional groups attached to an aromatic ring is 1. The van der Waals surface area contributed by atoms with Gasteiger partial charge in [0.25, 0.3) is 5.91 Å². The van der Waals surface area contributed by atoms with Crippen LogP contribution in [0.25, 0.3) is 0 Å². The predicted octanol–water partition coefficient (Wildman–Crippen LogP) is 2.17. The van der Waals surface area contributed by atoms with Gasteiger partial charge in [-0.15, -0.1) is 0 Å². The summed E-state index contributed by atoms with van der Waals surface area (Å²) in [5.41, 5.74) is 6.10. The van der Waals surface area contributed by atoms with Gasteiger partial charge < -0.3 is 10.6 Å². The van der Waals surface area contributed by atoms with E-state index < -0.39 is 23.6 Å². The van der Waals surface area contributed by atoms with Gasteiger partial charge >= 0.3 is 0 Å². The quantitative estimate of drug-likeness (QED) is 0.941. The number of nitrogens with zero attached hydrogens (tertiary/aromatic N) is 3. The van der Waals surface area contributed by atoms with Crippen LogP contribution in [0.1, 0.15) is 29.0 Å². The fourth-order valence-corrected chi connectivity index (χ4v) is 1.85. The van der Waals surface area contributed by atoms with E-state index in [4.69, 9.17) is 5.73 Å². The number of hydrogen-bond donors (Lipinski definition) is 1. The van der Waals surface area contributed by atoms with Crippen LogP contribution >= 0.6 is 0 Å². The Balaban J connectivity index is 2.26. The molecule has 1 unspecified atom stereocenters. The van der Waals surface area contributed by atoms with Crippen LogP contribution in [0, 0.1) is 11.6 Å². The third-order valence-electron chi connectivity index (χ3n) is 3.26. The van der Waals surface area contributed by atoms with Gasteiger partial charge in [-0.3, -0.25) is 4.79 Å². The number of halogens is 2. The Hall–Kier alpha value is -2.57. The molecule has 0 saturated heterocycles. The summed E-state index contributed by atoms with van der Waals surface area (Å²) in [6.45, 7) is 1.69. The van der Waals surface area contributed by atoms with Crippen molar-refractivity contribution in [3.05, 3.63) is 53.5 Å². The molecule has 0 aliphatic rings. The minimum atomic E-state index is -0.959. The molecule has 1 amide bonds. The van der Waals surface area contributed by atoms with Crippen molar-refractivity contribution in [3.8, 4) is 0 Å². The van der Waals surface area contributed by atoms with Gasteiger partial charge in [0.1, 0.15) is 0 Å². The summed E-state index contributed by atoms with van der Waals surface area (Å²) < 4.78 is 26.2. The Morgan fingerprint density at radius 2 is 1.90 bits per heavy atom. The van der Waals surface area contributed by atoms with Crippen LogP contribution in [0.4, 0.5) is 14.6 Å². The number of rotatable bonds is 3. The number of carbonyl (C=O) groups is 1. The third-order valence-corrected chi connectivity index (χ3v) is 3.26. The van der Waals surface area contributed by atoms with E-state index in [-0.39, 0.29) is 11.5 Å². The second-order valence-corrected chi connectivity index (χ2v) is 4.56. The number of hydrogen-bond acceptors (Lipinski definition) is 4. The van der Waals surface area contributed by atoms with Crippen molar-refractivity contribution < 1.29 is 13.6 Å². The molecule has 0 spiro atoms. The molecular weight excluding hydrogens is 278 g/mol. The molecule has 2 aromatic rings. The molecule has 7 heteroatoms. The van der Waals surface area contributed by atoms with Gasteiger partial charge in [0.05, 0.1) is 6.04 Å². The SMILES string of the molecule is CC(c1ccc(F)c(F)c1)N(C)C(=O)c1nccnc1N. The monoisotopic (exact) mass is 292 g/mol. The second kappa shape index (κ2) is 5.82. The number of benzene rings is 1. The number of aromatic nitrogens is 2. The standard InChI is InChI=1S/C14H14F2N4O/c1-8(9-3-4-10(15)11(16)7-9)20(2)14(21)12-13(17)19-6-5-18-12/h3-8H,1-2H3,(H2,17,19). The molecule has 110 valence electrons. The summed E-state index contributed by atoms with van der Waals surface area (Å²) in [7, 11) is 1.53. The first kappa shape index (κ1) is 14.8. The zero-order valence-electron chi connectivity index (χ0n) is 11.5. The smallest absolute Gasteiger partial charge is 0.276 e. The Labute approximate surface area is 120 Å². The van der Waals surface area contributed by atoms with Gasteiger partial charge in [0, 0.05) is 19.4 Å². The Kier molecular flexibility index (Phi) is 4.11. The Morgan fingerprint density at radius 3 is 2.52 bits per heavy atom. The summed E-state index contributed by atoms with van der Waals surface area (Å²) >= 11 is 0. The van der Waals surface area contributed by atoms with Crippen molar-refractivity contribution in [2.24, 2.45) is 0 Å². The summed E-state index contributed by atoms with van der Waals surface area (Å²) in [6, 6.07) is 3.03. The molecule has 1 aromatic heterocycles. The molecule has 2 N–H and O–H groups in total. The highest BCUT2D eigenvalue weighted by atomic mass is 19.2. The molecule has 0 fully saturated rings. The first-order valence-electron chi connectivity index (χ1n) is 6.20. The zero-order valence-corrected chi connectivity index (χ0v) is 11.5. The average molecular weight is 292 g/mol. The highest BCUT2D eigenvalue weighted by Crippen LogP contribution is 2.22. The van der Waals surface area contributed by atoms with Crippen molar-refractivity contribution in [3.63, 3.8) is 0 Å². The molecule has 0 aliphatic carbocycles. The van der Waals surface area contributed by atoms with Gasteiger partial charge in [0.2, 0.25) is 0 Å². The van der Waals surface area contributed by atoms with Crippen LogP contribution in [0.3, 0.4) is 0 Å². The molecule has 0 radical (unpaired) electrons. The Morgan fingerprint density at radius 1 is 1.24 bits per heavy atom. The normalized spacial score (nSPS) is 12.0. The van der Waals surface area contributed by atoms with Crippen LogP contribution in [0.15, 0.2) is 30.6 Å². The molecule has 1 atom stereocenters. The lowest BCUT2D eigenvalue weighted by molar-refractivity contribution is 0.0737. The summed E-state index contributed by atoms with van der Waals surface area (Å²) in [4.78, 5) is 21.3. The highest BCUT2D eigenvalue weighted by Gasteiger charge is 2.22. The molecule has 0 bridgehead atoms. The van der Waals surface area contributed by atoms with E-state index in [0.29, 0.717) is 5.56 Å². The van der Waals surface area contributed by atoms with Crippen LogP contribution in [-0.4, -0.2) is 27.8 Å². The molecule has 0 aliphatic heterocycles. The van der Waals surface area contributed by atoms with Crippen molar-refractivity contribution in [2.75, 3.05) is 12.8 Å². The number of carbonyl (C=O) groups excluding carboxylic acids is 1. The third kappa shape index (κ3) is 2.96. The van der Waals surface area contributed by atoms with Gasteiger partial charge in [-0.25, -0.2) is 18.7 Å². The fraction of sp³-hybridized carbons (Fsp3) is 0.214. The van der Waals surface area contributed by atoms with Crippen LogP contribution in [0.5, 0.6) is 0 Å². The molecule has 21 heavy (non-hydrogen) atoms. The average Bonchev–Trinajstić information content (AvgIpc) is 2.48. The fourth-order valence-electron chi connectivity index (χ4n) is 1.85. The van der Waals surface area contributed by atoms with Crippen molar-refractivity contribution in [1.82, 2.24) is 14.9 Å². The minimum Gasteiger partial charge on any atom is -0.382 e. The highest BCUT2D eigenvalue weighted by molar-refractivity contribution is 5.96. The maximum Gasteiger partial charge on any atom is 0.276 e. The van der Waals surface area contributed by atoms with Crippen LogP contribution in [0.2, 0.25) is 0 Å². The summed E-state index contributed by atoms with van der Waals surface area (Å²) in [6.07, 6.45) is 2.74. The molecular formula is C14H14F2N4O. The number of anilines is 1. The van der Waals surface area contributed by atoms with Gasteiger partial charge in [-0.05, 0) is 24.6 Å². The molecule has 2 rings (SSSR count). The minimum absolute atomic E-state index is 0.0202. The van der Waals surface area contributed by atoms with Gasteiger partial charge in [-0.2, -0.15) is 0 Å². The first-order valence-corrected chi connectivity index (χ1v) is 6.20. The van der Waals surface area contributed by atoms with Crippen molar-refractivity contribution >= 4 is 11.7 Å². The zero-order chi connectivity index (χ0) is 15.6. The maximum atomic E-state index is 13.3. The molecule has 0 saturated carbocycles. The number of amides is 1. The second-order valence-electron chi connectivity index (χ2n) is 4.56. The van der Waals surface area contributed by atoms with E-state index in [2.05, 4.69) is 9.97 Å².